The first kappa shape index (κ1) is 20.8. The first-order chi connectivity index (χ1) is 11.5. The standard InChI is InChI=1S/C19H30N2O4/c1-18(2,3)15(12-20-16(22)25-19(4,5)6)21-17(23)24-13-14-10-8-7-9-11-14/h7-11,15H,12-13H2,1-6H3,(H,20,22)(H,21,23)/t15-/m1/s1. The third kappa shape index (κ3) is 8.98. The van der Waals surface area contributed by atoms with Crippen LogP contribution in [0.3, 0.4) is 0 Å². The van der Waals surface area contributed by atoms with E-state index in [2.05, 4.69) is 10.6 Å². The first-order valence-corrected chi connectivity index (χ1v) is 8.41. The number of amides is 2. The molecule has 0 saturated heterocycles. The van der Waals surface area contributed by atoms with E-state index >= 15 is 0 Å². The second-order valence-corrected chi connectivity index (χ2v) is 8.01. The van der Waals surface area contributed by atoms with Gasteiger partial charge in [0.2, 0.25) is 0 Å². The fourth-order valence-electron chi connectivity index (χ4n) is 1.98. The molecular weight excluding hydrogens is 320 g/mol. The van der Waals surface area contributed by atoms with Gasteiger partial charge >= 0.3 is 12.2 Å². The van der Waals surface area contributed by atoms with Crippen LogP contribution in [-0.2, 0) is 16.1 Å². The summed E-state index contributed by atoms with van der Waals surface area (Å²) in [6, 6.07) is 9.15. The molecule has 0 spiro atoms. The SMILES string of the molecule is CC(C)(C)OC(=O)NC[C@@H](NC(=O)OCc1ccccc1)C(C)(C)C. The molecular formula is C19H30N2O4. The molecule has 140 valence electrons. The summed E-state index contributed by atoms with van der Waals surface area (Å²) in [6.45, 7) is 11.8. The maximum absolute atomic E-state index is 12.1. The van der Waals surface area contributed by atoms with E-state index in [0.29, 0.717) is 0 Å². The molecule has 6 heteroatoms. The van der Waals surface area contributed by atoms with Crippen molar-refractivity contribution in [3.05, 3.63) is 35.9 Å². The maximum Gasteiger partial charge on any atom is 0.407 e. The lowest BCUT2D eigenvalue weighted by Gasteiger charge is -2.31. The number of carbonyl (C=O) groups excluding carboxylic acids is 2. The quantitative estimate of drug-likeness (QED) is 0.845. The van der Waals surface area contributed by atoms with Crippen LogP contribution in [0.1, 0.15) is 47.1 Å². The van der Waals surface area contributed by atoms with Crippen LogP contribution in [0.5, 0.6) is 0 Å². The zero-order valence-electron chi connectivity index (χ0n) is 16.0. The zero-order valence-corrected chi connectivity index (χ0v) is 16.0. The number of hydrogen-bond acceptors (Lipinski definition) is 4. The van der Waals surface area contributed by atoms with Crippen LogP contribution in [0.25, 0.3) is 0 Å². The van der Waals surface area contributed by atoms with Crippen molar-refractivity contribution in [1.82, 2.24) is 10.6 Å². The van der Waals surface area contributed by atoms with Crippen molar-refractivity contribution in [3.8, 4) is 0 Å². The van der Waals surface area contributed by atoms with Gasteiger partial charge in [-0.1, -0.05) is 51.1 Å². The lowest BCUT2D eigenvalue weighted by Crippen LogP contribution is -2.51. The van der Waals surface area contributed by atoms with Gasteiger partial charge in [0.05, 0.1) is 6.04 Å². The highest BCUT2D eigenvalue weighted by atomic mass is 16.6. The molecule has 1 atom stereocenters. The van der Waals surface area contributed by atoms with Gasteiger partial charge in [-0.25, -0.2) is 9.59 Å². The Hall–Kier alpha value is -2.24. The fourth-order valence-corrected chi connectivity index (χ4v) is 1.98. The minimum absolute atomic E-state index is 0.197. The predicted octanol–water partition coefficient (Wildman–Crippen LogP) is 3.85. The molecule has 0 unspecified atom stereocenters. The highest BCUT2D eigenvalue weighted by Crippen LogP contribution is 2.19. The Morgan fingerprint density at radius 2 is 1.60 bits per heavy atom. The Morgan fingerprint density at radius 1 is 1.00 bits per heavy atom. The topological polar surface area (TPSA) is 76.7 Å². The molecule has 2 amide bonds. The van der Waals surface area contributed by atoms with Crippen LogP contribution >= 0.6 is 0 Å². The van der Waals surface area contributed by atoms with Crippen molar-refractivity contribution in [2.24, 2.45) is 5.41 Å². The van der Waals surface area contributed by atoms with Crippen molar-refractivity contribution in [2.45, 2.75) is 59.8 Å². The molecule has 0 saturated carbocycles. The van der Waals surface area contributed by atoms with Gasteiger partial charge in [0, 0.05) is 6.54 Å². The number of benzene rings is 1. The molecule has 0 radical (unpaired) electrons. The number of rotatable bonds is 5. The van der Waals surface area contributed by atoms with Crippen molar-refractivity contribution < 1.29 is 19.1 Å². The minimum atomic E-state index is -0.566. The van der Waals surface area contributed by atoms with E-state index in [1.807, 2.05) is 51.1 Å². The maximum atomic E-state index is 12.1. The van der Waals surface area contributed by atoms with E-state index < -0.39 is 17.8 Å². The molecule has 25 heavy (non-hydrogen) atoms. The summed E-state index contributed by atoms with van der Waals surface area (Å²) >= 11 is 0. The number of alkyl carbamates (subject to hydrolysis) is 2. The van der Waals surface area contributed by atoms with E-state index in [-0.39, 0.29) is 24.6 Å². The number of ether oxygens (including phenoxy) is 2. The van der Waals surface area contributed by atoms with Crippen LogP contribution in [0.4, 0.5) is 9.59 Å². The minimum Gasteiger partial charge on any atom is -0.445 e. The molecule has 0 bridgehead atoms. The Balaban J connectivity index is 2.52. The highest BCUT2D eigenvalue weighted by molar-refractivity contribution is 5.69. The van der Waals surface area contributed by atoms with Crippen LogP contribution in [0, 0.1) is 5.41 Å². The summed E-state index contributed by atoms with van der Waals surface area (Å²) in [5.74, 6) is 0. The molecule has 6 nitrogen and oxygen atoms in total. The fraction of sp³-hybridized carbons (Fsp3) is 0.579. The summed E-state index contributed by atoms with van der Waals surface area (Å²) in [7, 11) is 0. The monoisotopic (exact) mass is 350 g/mol. The average molecular weight is 350 g/mol. The highest BCUT2D eigenvalue weighted by Gasteiger charge is 2.28. The molecule has 0 aliphatic heterocycles. The van der Waals surface area contributed by atoms with Crippen molar-refractivity contribution >= 4 is 12.2 Å². The molecule has 1 rings (SSSR count). The molecule has 0 fully saturated rings. The second-order valence-electron chi connectivity index (χ2n) is 8.01. The van der Waals surface area contributed by atoms with Crippen LogP contribution in [0.2, 0.25) is 0 Å². The second kappa shape index (κ2) is 8.74. The lowest BCUT2D eigenvalue weighted by molar-refractivity contribution is 0.0509. The van der Waals surface area contributed by atoms with E-state index in [1.165, 1.54) is 0 Å². The molecule has 0 aliphatic carbocycles. The number of carbonyl (C=O) groups is 2. The summed E-state index contributed by atoms with van der Waals surface area (Å²) in [5.41, 5.74) is 0.0845. The molecule has 2 N–H and O–H groups in total. The third-order valence-corrected chi connectivity index (χ3v) is 3.40. The molecule has 1 aromatic carbocycles. The van der Waals surface area contributed by atoms with E-state index in [9.17, 15) is 9.59 Å². The molecule has 0 heterocycles. The van der Waals surface area contributed by atoms with E-state index in [4.69, 9.17) is 9.47 Å². The van der Waals surface area contributed by atoms with Gasteiger partial charge in [-0.15, -0.1) is 0 Å². The van der Waals surface area contributed by atoms with Gasteiger partial charge < -0.3 is 20.1 Å². The summed E-state index contributed by atoms with van der Waals surface area (Å²) in [6.07, 6.45) is -1.03. The van der Waals surface area contributed by atoms with Gasteiger partial charge in [-0.3, -0.25) is 0 Å². The van der Waals surface area contributed by atoms with Crippen LogP contribution in [0.15, 0.2) is 30.3 Å². The lowest BCUT2D eigenvalue weighted by atomic mass is 9.87. The molecule has 0 aromatic heterocycles. The normalized spacial score (nSPS) is 12.9. The van der Waals surface area contributed by atoms with Gasteiger partial charge in [0.1, 0.15) is 12.2 Å². The summed E-state index contributed by atoms with van der Waals surface area (Å²) in [5, 5.41) is 5.51. The first-order valence-electron chi connectivity index (χ1n) is 8.41. The summed E-state index contributed by atoms with van der Waals surface area (Å²) < 4.78 is 10.5. The average Bonchev–Trinajstić information content (AvgIpc) is 2.47. The van der Waals surface area contributed by atoms with E-state index in [0.717, 1.165) is 5.56 Å². The number of hydrogen-bond donors (Lipinski definition) is 2. The molecule has 1 aromatic rings. The third-order valence-electron chi connectivity index (χ3n) is 3.40. The van der Waals surface area contributed by atoms with Gasteiger partial charge in [-0.2, -0.15) is 0 Å². The van der Waals surface area contributed by atoms with Gasteiger partial charge in [0.25, 0.3) is 0 Å². The Bertz CT molecular complexity index is 559. The number of nitrogens with one attached hydrogen (secondary N) is 2. The van der Waals surface area contributed by atoms with Crippen molar-refractivity contribution in [3.63, 3.8) is 0 Å². The van der Waals surface area contributed by atoms with Crippen LogP contribution in [-0.4, -0.2) is 30.4 Å². The summed E-state index contributed by atoms with van der Waals surface area (Å²) in [4.78, 5) is 23.9. The van der Waals surface area contributed by atoms with Gasteiger partial charge in [-0.05, 0) is 31.7 Å². The zero-order chi connectivity index (χ0) is 19.1. The van der Waals surface area contributed by atoms with E-state index in [1.54, 1.807) is 20.8 Å². The smallest absolute Gasteiger partial charge is 0.407 e. The largest absolute Gasteiger partial charge is 0.445 e. The Kier molecular flexibility index (Phi) is 7.27. The van der Waals surface area contributed by atoms with Crippen molar-refractivity contribution in [2.75, 3.05) is 6.54 Å². The predicted molar refractivity (Wildman–Crippen MR) is 97.2 cm³/mol. The van der Waals surface area contributed by atoms with Crippen molar-refractivity contribution in [1.29, 1.82) is 0 Å². The van der Waals surface area contributed by atoms with Crippen LogP contribution < -0.4 is 10.6 Å². The Labute approximate surface area is 150 Å². The van der Waals surface area contributed by atoms with Gasteiger partial charge in [0.15, 0.2) is 0 Å². The molecule has 0 aliphatic rings. The Morgan fingerprint density at radius 3 is 2.12 bits per heavy atom.